The average molecular weight is 379 g/mol. The monoisotopic (exact) mass is 378 g/mol. The van der Waals surface area contributed by atoms with E-state index in [1.807, 2.05) is 0 Å². The Hall–Kier alpha value is -2.51. The van der Waals surface area contributed by atoms with Crippen LogP contribution in [0.2, 0.25) is 5.02 Å². The largest absolute Gasteiger partial charge is 0.496 e. The van der Waals surface area contributed by atoms with E-state index < -0.39 is 10.0 Å². The normalized spacial score (nSPS) is 11.3. The van der Waals surface area contributed by atoms with Crippen LogP contribution in [-0.2, 0) is 10.0 Å². The van der Waals surface area contributed by atoms with Crippen LogP contribution >= 0.6 is 11.6 Å². The highest BCUT2D eigenvalue weighted by molar-refractivity contribution is 7.92. The molecule has 0 amide bonds. The SMILES string of the molecule is COc1ccc(S(=O)(=O)Nc2oncc2-c2ccc(Cl)cc2)cc1C. The number of rotatable bonds is 5. The predicted octanol–water partition coefficient (Wildman–Crippen LogP) is 4.11. The number of benzene rings is 2. The molecular formula is C17H15ClN2O4S. The Labute approximate surface area is 150 Å². The molecule has 3 rings (SSSR count). The third-order valence-corrected chi connectivity index (χ3v) is 5.21. The molecule has 1 N–H and O–H groups in total. The molecule has 0 aliphatic carbocycles. The van der Waals surface area contributed by atoms with Crippen molar-refractivity contribution in [3.05, 3.63) is 59.2 Å². The van der Waals surface area contributed by atoms with E-state index in [1.54, 1.807) is 37.3 Å². The minimum Gasteiger partial charge on any atom is -0.496 e. The lowest BCUT2D eigenvalue weighted by atomic mass is 10.1. The van der Waals surface area contributed by atoms with E-state index >= 15 is 0 Å². The molecule has 1 aromatic heterocycles. The number of nitrogens with one attached hydrogen (secondary N) is 1. The van der Waals surface area contributed by atoms with Gasteiger partial charge in [0.1, 0.15) is 5.75 Å². The molecular weight excluding hydrogens is 364 g/mol. The minimum absolute atomic E-state index is 0.0378. The van der Waals surface area contributed by atoms with E-state index in [4.69, 9.17) is 20.9 Å². The van der Waals surface area contributed by atoms with E-state index in [0.717, 1.165) is 5.56 Å². The third-order valence-electron chi connectivity index (χ3n) is 3.63. The second kappa shape index (κ2) is 6.78. The Bertz CT molecular complexity index is 998. The van der Waals surface area contributed by atoms with Crippen LogP contribution in [0, 0.1) is 6.92 Å². The highest BCUT2D eigenvalue weighted by Crippen LogP contribution is 2.31. The lowest BCUT2D eigenvalue weighted by molar-refractivity contribution is 0.411. The van der Waals surface area contributed by atoms with Gasteiger partial charge >= 0.3 is 0 Å². The number of sulfonamides is 1. The minimum atomic E-state index is -3.83. The molecule has 8 heteroatoms. The first-order valence-electron chi connectivity index (χ1n) is 7.29. The zero-order chi connectivity index (χ0) is 18.0. The fraction of sp³-hybridized carbons (Fsp3) is 0.118. The first-order chi connectivity index (χ1) is 11.9. The highest BCUT2D eigenvalue weighted by atomic mass is 35.5. The highest BCUT2D eigenvalue weighted by Gasteiger charge is 2.20. The van der Waals surface area contributed by atoms with Gasteiger partial charge in [-0.15, -0.1) is 0 Å². The summed E-state index contributed by atoms with van der Waals surface area (Å²) in [5.74, 6) is 0.649. The van der Waals surface area contributed by atoms with Crippen molar-refractivity contribution in [3.8, 4) is 16.9 Å². The Morgan fingerprint density at radius 1 is 1.16 bits per heavy atom. The standard InChI is InChI=1S/C17H15ClN2O4S/c1-11-9-14(7-8-16(11)23-2)25(21,22)20-17-15(10-19-24-17)12-3-5-13(18)6-4-12/h3-10,20H,1-2H3. The maximum Gasteiger partial charge on any atom is 0.264 e. The van der Waals surface area contributed by atoms with E-state index in [0.29, 0.717) is 21.9 Å². The van der Waals surface area contributed by atoms with Gasteiger partial charge in [-0.05, 0) is 48.4 Å². The molecule has 25 heavy (non-hydrogen) atoms. The average Bonchev–Trinajstić information content (AvgIpc) is 3.03. The van der Waals surface area contributed by atoms with Crippen molar-refractivity contribution in [2.24, 2.45) is 0 Å². The summed E-state index contributed by atoms with van der Waals surface area (Å²) in [6.07, 6.45) is 1.44. The molecule has 0 radical (unpaired) electrons. The number of hydrogen-bond donors (Lipinski definition) is 1. The molecule has 0 saturated carbocycles. The van der Waals surface area contributed by atoms with Crippen LogP contribution in [0.5, 0.6) is 5.75 Å². The number of nitrogens with zero attached hydrogens (tertiary/aromatic N) is 1. The van der Waals surface area contributed by atoms with Gasteiger partial charge in [-0.3, -0.25) is 0 Å². The summed E-state index contributed by atoms with van der Waals surface area (Å²) in [5, 5.41) is 4.27. The number of aromatic nitrogens is 1. The summed E-state index contributed by atoms with van der Waals surface area (Å²) in [4.78, 5) is 0.101. The summed E-state index contributed by atoms with van der Waals surface area (Å²) in [7, 11) is -2.31. The maximum atomic E-state index is 12.6. The van der Waals surface area contributed by atoms with E-state index in [9.17, 15) is 8.42 Å². The van der Waals surface area contributed by atoms with Crippen molar-refractivity contribution in [2.45, 2.75) is 11.8 Å². The van der Waals surface area contributed by atoms with Crippen molar-refractivity contribution in [2.75, 3.05) is 11.8 Å². The first kappa shape index (κ1) is 17.3. The molecule has 3 aromatic rings. The fourth-order valence-electron chi connectivity index (χ4n) is 2.35. The van der Waals surface area contributed by atoms with E-state index in [1.165, 1.54) is 25.4 Å². The van der Waals surface area contributed by atoms with Crippen LogP contribution in [0.3, 0.4) is 0 Å². The van der Waals surface area contributed by atoms with Gasteiger partial charge in [-0.2, -0.15) is 0 Å². The number of ether oxygens (including phenoxy) is 1. The second-order valence-electron chi connectivity index (χ2n) is 5.31. The topological polar surface area (TPSA) is 81.4 Å². The van der Waals surface area contributed by atoms with Crippen molar-refractivity contribution in [1.82, 2.24) is 5.16 Å². The van der Waals surface area contributed by atoms with Gasteiger partial charge in [0.2, 0.25) is 5.88 Å². The molecule has 0 unspecified atom stereocenters. The summed E-state index contributed by atoms with van der Waals surface area (Å²) >= 11 is 5.88. The zero-order valence-corrected chi connectivity index (χ0v) is 15.1. The Balaban J connectivity index is 1.93. The fourth-order valence-corrected chi connectivity index (χ4v) is 3.56. The molecule has 0 spiro atoms. The second-order valence-corrected chi connectivity index (χ2v) is 7.43. The van der Waals surface area contributed by atoms with Gasteiger partial charge in [0.05, 0.1) is 23.8 Å². The Morgan fingerprint density at radius 2 is 1.88 bits per heavy atom. The third kappa shape index (κ3) is 3.62. The van der Waals surface area contributed by atoms with Crippen LogP contribution < -0.4 is 9.46 Å². The van der Waals surface area contributed by atoms with Gasteiger partial charge in [0.15, 0.2) is 0 Å². The van der Waals surface area contributed by atoms with Gasteiger partial charge in [0.25, 0.3) is 10.0 Å². The van der Waals surface area contributed by atoms with Crippen LogP contribution in [0.25, 0.3) is 11.1 Å². The molecule has 6 nitrogen and oxygen atoms in total. The molecule has 0 aliphatic rings. The number of halogens is 1. The van der Waals surface area contributed by atoms with Crippen LogP contribution in [0.1, 0.15) is 5.56 Å². The van der Waals surface area contributed by atoms with Crippen molar-refractivity contribution in [1.29, 1.82) is 0 Å². The van der Waals surface area contributed by atoms with Crippen molar-refractivity contribution in [3.63, 3.8) is 0 Å². The molecule has 0 atom stereocenters. The lowest BCUT2D eigenvalue weighted by Crippen LogP contribution is -2.13. The first-order valence-corrected chi connectivity index (χ1v) is 9.15. The smallest absolute Gasteiger partial charge is 0.264 e. The van der Waals surface area contributed by atoms with Gasteiger partial charge < -0.3 is 9.26 Å². The summed E-state index contributed by atoms with van der Waals surface area (Å²) < 4.78 is 37.9. The molecule has 1 heterocycles. The van der Waals surface area contributed by atoms with Gasteiger partial charge in [-0.25, -0.2) is 13.1 Å². The molecule has 0 saturated heterocycles. The summed E-state index contributed by atoms with van der Waals surface area (Å²) in [6, 6.07) is 11.5. The van der Waals surface area contributed by atoms with Crippen molar-refractivity contribution >= 4 is 27.5 Å². The number of methoxy groups -OCH3 is 1. The molecule has 130 valence electrons. The molecule has 0 fully saturated rings. The predicted molar refractivity (Wildman–Crippen MR) is 95.5 cm³/mol. The Morgan fingerprint density at radius 3 is 2.52 bits per heavy atom. The molecule has 2 aromatic carbocycles. The summed E-state index contributed by atoms with van der Waals surface area (Å²) in [5.41, 5.74) is 1.96. The zero-order valence-electron chi connectivity index (χ0n) is 13.5. The van der Waals surface area contributed by atoms with Crippen LogP contribution in [0.15, 0.2) is 58.1 Å². The van der Waals surface area contributed by atoms with E-state index in [2.05, 4.69) is 9.88 Å². The number of aryl methyl sites for hydroxylation is 1. The number of anilines is 1. The number of hydrogen-bond acceptors (Lipinski definition) is 5. The molecule has 0 aliphatic heterocycles. The van der Waals surface area contributed by atoms with Gasteiger partial charge in [-0.1, -0.05) is 28.9 Å². The van der Waals surface area contributed by atoms with Crippen molar-refractivity contribution < 1.29 is 17.7 Å². The lowest BCUT2D eigenvalue weighted by Gasteiger charge is -2.09. The van der Waals surface area contributed by atoms with Gasteiger partial charge in [0, 0.05) is 5.02 Å². The maximum absolute atomic E-state index is 12.6. The van der Waals surface area contributed by atoms with E-state index in [-0.39, 0.29) is 10.8 Å². The molecule has 0 bridgehead atoms. The Kier molecular flexibility index (Phi) is 4.69. The van der Waals surface area contributed by atoms with Crippen LogP contribution in [-0.4, -0.2) is 20.7 Å². The summed E-state index contributed by atoms with van der Waals surface area (Å²) in [6.45, 7) is 1.77. The van der Waals surface area contributed by atoms with Crippen LogP contribution in [0.4, 0.5) is 5.88 Å². The quantitative estimate of drug-likeness (QED) is 0.722.